The topological polar surface area (TPSA) is 68.2 Å². The van der Waals surface area contributed by atoms with Crippen molar-refractivity contribution < 1.29 is 9.53 Å². The van der Waals surface area contributed by atoms with Gasteiger partial charge in [-0.2, -0.15) is 5.10 Å². The van der Waals surface area contributed by atoms with Crippen LogP contribution in [0.15, 0.2) is 29.8 Å². The van der Waals surface area contributed by atoms with Crippen LogP contribution in [-0.2, 0) is 11.3 Å². The standard InChI is InChI=1S/C13H18N4O2S/c1-10(9-19-2)17-6-5-12(16-17)15-13(18)14-8-11-4-3-7-20-11/h3-7,10H,8-9H2,1-2H3,(H2,14,15,16,18)/t10-/m1/s1. The van der Waals surface area contributed by atoms with Crippen molar-refractivity contribution in [2.24, 2.45) is 0 Å². The third-order valence-electron chi connectivity index (χ3n) is 2.71. The first-order valence-electron chi connectivity index (χ1n) is 6.30. The van der Waals surface area contributed by atoms with Crippen molar-refractivity contribution in [2.75, 3.05) is 19.0 Å². The zero-order valence-electron chi connectivity index (χ0n) is 11.5. The second kappa shape index (κ2) is 7.06. The molecule has 20 heavy (non-hydrogen) atoms. The number of anilines is 1. The van der Waals surface area contributed by atoms with Crippen molar-refractivity contribution >= 4 is 23.2 Å². The van der Waals surface area contributed by atoms with Gasteiger partial charge in [0.25, 0.3) is 0 Å². The van der Waals surface area contributed by atoms with E-state index in [4.69, 9.17) is 4.74 Å². The van der Waals surface area contributed by atoms with E-state index >= 15 is 0 Å². The predicted molar refractivity (Wildman–Crippen MR) is 79.0 cm³/mol. The molecule has 0 aliphatic rings. The summed E-state index contributed by atoms with van der Waals surface area (Å²) in [6, 6.07) is 5.56. The summed E-state index contributed by atoms with van der Waals surface area (Å²) in [5.74, 6) is 0.525. The molecule has 2 rings (SSSR count). The Balaban J connectivity index is 1.82. The summed E-state index contributed by atoms with van der Waals surface area (Å²) >= 11 is 1.61. The van der Waals surface area contributed by atoms with E-state index in [0.29, 0.717) is 19.0 Å². The summed E-state index contributed by atoms with van der Waals surface area (Å²) in [6.07, 6.45) is 1.82. The second-order valence-corrected chi connectivity index (χ2v) is 5.40. The van der Waals surface area contributed by atoms with Gasteiger partial charge in [-0.3, -0.25) is 10.00 Å². The normalized spacial score (nSPS) is 12.1. The van der Waals surface area contributed by atoms with Crippen LogP contribution in [0.2, 0.25) is 0 Å². The number of thiophene rings is 1. The van der Waals surface area contributed by atoms with Crippen molar-refractivity contribution in [3.05, 3.63) is 34.7 Å². The molecule has 2 aromatic heterocycles. The molecule has 108 valence electrons. The van der Waals surface area contributed by atoms with Gasteiger partial charge in [-0.15, -0.1) is 11.3 Å². The van der Waals surface area contributed by atoms with Crippen molar-refractivity contribution in [2.45, 2.75) is 19.5 Å². The largest absolute Gasteiger partial charge is 0.382 e. The average molecular weight is 294 g/mol. The molecule has 0 bridgehead atoms. The molecule has 0 aliphatic carbocycles. The SMILES string of the molecule is COC[C@@H](C)n1ccc(NC(=O)NCc2cccs2)n1. The van der Waals surface area contributed by atoms with Gasteiger partial charge in [0.05, 0.1) is 19.2 Å². The van der Waals surface area contributed by atoms with Crippen LogP contribution in [0, 0.1) is 0 Å². The minimum Gasteiger partial charge on any atom is -0.382 e. The molecule has 0 aliphatic heterocycles. The third kappa shape index (κ3) is 4.07. The molecule has 2 heterocycles. The van der Waals surface area contributed by atoms with Crippen LogP contribution in [0.25, 0.3) is 0 Å². The molecule has 0 saturated carbocycles. The maximum Gasteiger partial charge on any atom is 0.320 e. The number of ether oxygens (including phenoxy) is 1. The minimum atomic E-state index is -0.261. The van der Waals surface area contributed by atoms with Gasteiger partial charge >= 0.3 is 6.03 Å². The molecule has 0 spiro atoms. The fraction of sp³-hybridized carbons (Fsp3) is 0.385. The van der Waals surface area contributed by atoms with E-state index in [2.05, 4.69) is 15.7 Å². The van der Waals surface area contributed by atoms with Crippen LogP contribution < -0.4 is 10.6 Å². The van der Waals surface area contributed by atoms with Gasteiger partial charge in [-0.25, -0.2) is 4.79 Å². The number of amides is 2. The molecule has 2 N–H and O–H groups in total. The predicted octanol–water partition coefficient (Wildman–Crippen LogP) is 2.47. The number of methoxy groups -OCH3 is 1. The summed E-state index contributed by atoms with van der Waals surface area (Å²) in [4.78, 5) is 12.8. The highest BCUT2D eigenvalue weighted by Gasteiger charge is 2.08. The van der Waals surface area contributed by atoms with Gasteiger partial charge in [0, 0.05) is 24.3 Å². The summed E-state index contributed by atoms with van der Waals surface area (Å²) < 4.78 is 6.83. The van der Waals surface area contributed by atoms with Gasteiger partial charge in [-0.05, 0) is 18.4 Å². The first-order valence-corrected chi connectivity index (χ1v) is 7.18. The molecule has 0 saturated heterocycles. The molecule has 0 radical (unpaired) electrons. The highest BCUT2D eigenvalue weighted by molar-refractivity contribution is 7.09. The Bertz CT molecular complexity index is 538. The lowest BCUT2D eigenvalue weighted by atomic mass is 10.4. The number of carbonyl (C=O) groups excluding carboxylic acids is 1. The molecule has 1 atom stereocenters. The zero-order valence-corrected chi connectivity index (χ0v) is 12.3. The Morgan fingerprint density at radius 2 is 2.40 bits per heavy atom. The Hall–Kier alpha value is -1.86. The van der Waals surface area contributed by atoms with Crippen molar-refractivity contribution in [1.82, 2.24) is 15.1 Å². The quantitative estimate of drug-likeness (QED) is 0.860. The Kier molecular flexibility index (Phi) is 5.14. The Morgan fingerprint density at radius 3 is 3.10 bits per heavy atom. The number of nitrogens with zero attached hydrogens (tertiary/aromatic N) is 2. The zero-order chi connectivity index (χ0) is 14.4. The number of nitrogens with one attached hydrogen (secondary N) is 2. The maximum atomic E-state index is 11.7. The van der Waals surface area contributed by atoms with Crippen molar-refractivity contribution in [3.63, 3.8) is 0 Å². The van der Waals surface area contributed by atoms with Crippen LogP contribution in [-0.4, -0.2) is 29.5 Å². The average Bonchev–Trinajstić information content (AvgIpc) is 3.07. The van der Waals surface area contributed by atoms with E-state index in [-0.39, 0.29) is 12.1 Å². The van der Waals surface area contributed by atoms with E-state index in [1.165, 1.54) is 0 Å². The van der Waals surface area contributed by atoms with Gasteiger partial charge in [0.15, 0.2) is 5.82 Å². The fourth-order valence-corrected chi connectivity index (χ4v) is 2.35. The number of carbonyl (C=O) groups is 1. The van der Waals surface area contributed by atoms with Crippen LogP contribution >= 0.6 is 11.3 Å². The Labute approximate surface area is 121 Å². The second-order valence-electron chi connectivity index (χ2n) is 4.37. The van der Waals surface area contributed by atoms with Crippen LogP contribution in [0.1, 0.15) is 17.8 Å². The van der Waals surface area contributed by atoms with Gasteiger partial charge in [0.1, 0.15) is 0 Å². The minimum absolute atomic E-state index is 0.129. The smallest absolute Gasteiger partial charge is 0.320 e. The lowest BCUT2D eigenvalue weighted by molar-refractivity contribution is 0.157. The first-order chi connectivity index (χ1) is 9.69. The summed E-state index contributed by atoms with van der Waals surface area (Å²) in [6.45, 7) is 3.09. The number of urea groups is 1. The first kappa shape index (κ1) is 14.5. The number of aromatic nitrogens is 2. The van der Waals surface area contributed by atoms with Crippen molar-refractivity contribution in [3.8, 4) is 0 Å². The molecule has 0 unspecified atom stereocenters. The van der Waals surface area contributed by atoms with Gasteiger partial charge in [-0.1, -0.05) is 6.07 Å². The molecule has 0 fully saturated rings. The molecule has 7 heteroatoms. The summed E-state index contributed by atoms with van der Waals surface area (Å²) in [5, 5.41) is 11.7. The van der Waals surface area contributed by atoms with Gasteiger partial charge in [0.2, 0.25) is 0 Å². The fourth-order valence-electron chi connectivity index (χ4n) is 1.71. The summed E-state index contributed by atoms with van der Waals surface area (Å²) in [5.41, 5.74) is 0. The Morgan fingerprint density at radius 1 is 1.55 bits per heavy atom. The van der Waals surface area contributed by atoms with E-state index in [1.807, 2.05) is 30.6 Å². The van der Waals surface area contributed by atoms with Crippen LogP contribution in [0.3, 0.4) is 0 Å². The highest BCUT2D eigenvalue weighted by Crippen LogP contribution is 2.10. The van der Waals surface area contributed by atoms with E-state index < -0.39 is 0 Å². The van der Waals surface area contributed by atoms with Crippen LogP contribution in [0.5, 0.6) is 0 Å². The highest BCUT2D eigenvalue weighted by atomic mass is 32.1. The summed E-state index contributed by atoms with van der Waals surface area (Å²) in [7, 11) is 1.65. The number of hydrogen-bond acceptors (Lipinski definition) is 4. The monoisotopic (exact) mass is 294 g/mol. The lowest BCUT2D eigenvalue weighted by Crippen LogP contribution is -2.28. The lowest BCUT2D eigenvalue weighted by Gasteiger charge is -2.10. The van der Waals surface area contributed by atoms with Gasteiger partial charge < -0.3 is 10.1 Å². The number of hydrogen-bond donors (Lipinski definition) is 2. The van der Waals surface area contributed by atoms with Crippen molar-refractivity contribution in [1.29, 1.82) is 0 Å². The third-order valence-corrected chi connectivity index (χ3v) is 3.59. The maximum absolute atomic E-state index is 11.7. The van der Waals surface area contributed by atoms with Crippen LogP contribution in [0.4, 0.5) is 10.6 Å². The molecule has 2 amide bonds. The molecular formula is C13H18N4O2S. The van der Waals surface area contributed by atoms with E-state index in [9.17, 15) is 4.79 Å². The van der Waals surface area contributed by atoms with E-state index in [1.54, 1.807) is 29.2 Å². The molecule has 2 aromatic rings. The molecular weight excluding hydrogens is 276 g/mol. The number of rotatable bonds is 6. The van der Waals surface area contributed by atoms with E-state index in [0.717, 1.165) is 4.88 Å². The molecule has 0 aromatic carbocycles. The molecule has 6 nitrogen and oxygen atoms in total.